The largest absolute Gasteiger partial charge is 0.467 e. The Morgan fingerprint density at radius 2 is 2.33 bits per heavy atom. The lowest BCUT2D eigenvalue weighted by Gasteiger charge is -2.01. The second-order valence-corrected chi connectivity index (χ2v) is 3.80. The van der Waals surface area contributed by atoms with E-state index in [1.165, 1.54) is 23.1 Å². The van der Waals surface area contributed by atoms with Crippen molar-refractivity contribution in [2.45, 2.75) is 13.5 Å². The monoisotopic (exact) mass is 248 g/mol. The number of nitrogens with one attached hydrogen (secondary N) is 1. The van der Waals surface area contributed by atoms with E-state index < -0.39 is 5.91 Å². The predicted octanol–water partition coefficient (Wildman–Crippen LogP) is -0.203. The Morgan fingerprint density at radius 3 is 3.00 bits per heavy atom. The molecular formula is C11H12N4O3. The van der Waals surface area contributed by atoms with Gasteiger partial charge in [-0.25, -0.2) is 10.5 Å². The number of nitrogens with two attached hydrogens (primary N) is 1. The maximum absolute atomic E-state index is 11.6. The maximum atomic E-state index is 11.6. The smallest absolute Gasteiger partial charge is 0.268 e. The van der Waals surface area contributed by atoms with E-state index in [0.29, 0.717) is 11.3 Å². The van der Waals surface area contributed by atoms with E-state index >= 15 is 0 Å². The lowest BCUT2D eigenvalue weighted by atomic mass is 10.3. The van der Waals surface area contributed by atoms with Crippen LogP contribution in [0.2, 0.25) is 0 Å². The van der Waals surface area contributed by atoms with Crippen LogP contribution >= 0.6 is 0 Å². The summed E-state index contributed by atoms with van der Waals surface area (Å²) in [5.74, 6) is 5.00. The standard InChI is InChI=1S/C11H12N4O3/c1-7-2-10(16)15(13-4-7)5-9-3-8(6-18-9)11(17)14-12/h2-4,6H,5,12H2,1H3,(H,14,17). The van der Waals surface area contributed by atoms with Crippen LogP contribution in [0.1, 0.15) is 21.7 Å². The van der Waals surface area contributed by atoms with E-state index in [1.807, 2.05) is 5.43 Å². The second-order valence-electron chi connectivity index (χ2n) is 3.80. The molecule has 3 N–H and O–H groups in total. The van der Waals surface area contributed by atoms with Gasteiger partial charge in [0, 0.05) is 6.07 Å². The number of aryl methyl sites for hydroxylation is 1. The number of carbonyl (C=O) groups is 1. The van der Waals surface area contributed by atoms with Crippen molar-refractivity contribution in [3.05, 3.63) is 51.8 Å². The van der Waals surface area contributed by atoms with Crippen LogP contribution in [0, 0.1) is 6.92 Å². The number of furan rings is 1. The molecule has 1 amide bonds. The number of hydrazine groups is 1. The van der Waals surface area contributed by atoms with Gasteiger partial charge < -0.3 is 4.42 Å². The highest BCUT2D eigenvalue weighted by atomic mass is 16.3. The molecule has 18 heavy (non-hydrogen) atoms. The lowest BCUT2D eigenvalue weighted by Crippen LogP contribution is -2.29. The van der Waals surface area contributed by atoms with Gasteiger partial charge in [0.05, 0.1) is 11.8 Å². The average molecular weight is 248 g/mol. The number of hydrogen-bond donors (Lipinski definition) is 2. The number of hydrogen-bond acceptors (Lipinski definition) is 5. The van der Waals surface area contributed by atoms with Crippen LogP contribution in [0.4, 0.5) is 0 Å². The molecule has 94 valence electrons. The first kappa shape index (κ1) is 12.1. The van der Waals surface area contributed by atoms with Gasteiger partial charge >= 0.3 is 0 Å². The molecule has 0 aliphatic heterocycles. The third-order valence-corrected chi connectivity index (χ3v) is 2.36. The Labute approximate surface area is 102 Å². The Balaban J connectivity index is 2.21. The summed E-state index contributed by atoms with van der Waals surface area (Å²) in [6.07, 6.45) is 2.86. The molecule has 0 spiro atoms. The van der Waals surface area contributed by atoms with Crippen LogP contribution in [0.5, 0.6) is 0 Å². The minimum Gasteiger partial charge on any atom is -0.467 e. The van der Waals surface area contributed by atoms with Crippen LogP contribution in [0.15, 0.2) is 33.8 Å². The van der Waals surface area contributed by atoms with Crippen molar-refractivity contribution < 1.29 is 9.21 Å². The van der Waals surface area contributed by atoms with Gasteiger partial charge in [0.1, 0.15) is 18.6 Å². The Kier molecular flexibility index (Phi) is 3.24. The van der Waals surface area contributed by atoms with E-state index in [2.05, 4.69) is 5.10 Å². The molecule has 0 bridgehead atoms. The van der Waals surface area contributed by atoms with E-state index in [0.717, 1.165) is 5.56 Å². The zero-order valence-corrected chi connectivity index (χ0v) is 9.71. The number of rotatable bonds is 3. The highest BCUT2D eigenvalue weighted by Crippen LogP contribution is 2.08. The summed E-state index contributed by atoms with van der Waals surface area (Å²) in [7, 11) is 0. The molecule has 0 saturated heterocycles. The lowest BCUT2D eigenvalue weighted by molar-refractivity contribution is 0.0953. The normalized spacial score (nSPS) is 10.3. The molecule has 2 aromatic heterocycles. The molecule has 7 heteroatoms. The molecular weight excluding hydrogens is 236 g/mol. The first-order valence-electron chi connectivity index (χ1n) is 5.22. The van der Waals surface area contributed by atoms with Crippen LogP contribution < -0.4 is 16.8 Å². The Morgan fingerprint density at radius 1 is 1.56 bits per heavy atom. The number of nitrogen functional groups attached to an aromatic ring is 1. The predicted molar refractivity (Wildman–Crippen MR) is 62.7 cm³/mol. The molecule has 0 aromatic carbocycles. The quantitative estimate of drug-likeness (QED) is 0.444. The fraction of sp³-hybridized carbons (Fsp3) is 0.182. The van der Waals surface area contributed by atoms with Gasteiger partial charge in [0.2, 0.25) is 0 Å². The molecule has 0 aliphatic rings. The summed E-state index contributed by atoms with van der Waals surface area (Å²) in [5.41, 5.74) is 2.86. The zero-order chi connectivity index (χ0) is 13.1. The van der Waals surface area contributed by atoms with Gasteiger partial charge in [-0.15, -0.1) is 0 Å². The molecule has 0 unspecified atom stereocenters. The summed E-state index contributed by atoms with van der Waals surface area (Å²) in [6.45, 7) is 1.95. The van der Waals surface area contributed by atoms with Crippen LogP contribution in [-0.4, -0.2) is 15.7 Å². The Bertz CT molecular complexity index is 629. The minimum atomic E-state index is -0.450. The van der Waals surface area contributed by atoms with Gasteiger partial charge in [0.25, 0.3) is 11.5 Å². The summed E-state index contributed by atoms with van der Waals surface area (Å²) in [5, 5.41) is 3.97. The first-order valence-corrected chi connectivity index (χ1v) is 5.22. The molecule has 2 heterocycles. The summed E-state index contributed by atoms with van der Waals surface area (Å²) < 4.78 is 6.41. The summed E-state index contributed by atoms with van der Waals surface area (Å²) >= 11 is 0. The van der Waals surface area contributed by atoms with Crippen LogP contribution in [-0.2, 0) is 6.54 Å². The average Bonchev–Trinajstić information content (AvgIpc) is 2.80. The van der Waals surface area contributed by atoms with E-state index in [4.69, 9.17) is 10.3 Å². The Hall–Kier alpha value is -2.41. The molecule has 7 nitrogen and oxygen atoms in total. The third-order valence-electron chi connectivity index (χ3n) is 2.36. The molecule has 0 radical (unpaired) electrons. The SMILES string of the molecule is Cc1cnn(Cc2cc(C(=O)NN)co2)c(=O)c1. The highest BCUT2D eigenvalue weighted by molar-refractivity contribution is 5.93. The van der Waals surface area contributed by atoms with Crippen molar-refractivity contribution >= 4 is 5.91 Å². The molecule has 2 rings (SSSR count). The van der Waals surface area contributed by atoms with Crippen molar-refractivity contribution in [1.82, 2.24) is 15.2 Å². The van der Waals surface area contributed by atoms with Gasteiger partial charge in [0.15, 0.2) is 0 Å². The van der Waals surface area contributed by atoms with Crippen molar-refractivity contribution in [1.29, 1.82) is 0 Å². The van der Waals surface area contributed by atoms with Gasteiger partial charge in [-0.1, -0.05) is 0 Å². The van der Waals surface area contributed by atoms with Gasteiger partial charge in [-0.05, 0) is 18.6 Å². The first-order chi connectivity index (χ1) is 8.60. The number of aromatic nitrogens is 2. The fourth-order valence-electron chi connectivity index (χ4n) is 1.46. The fourth-order valence-corrected chi connectivity index (χ4v) is 1.46. The summed E-state index contributed by atoms with van der Waals surface area (Å²) in [6, 6.07) is 2.99. The molecule has 0 aliphatic carbocycles. The molecule has 0 atom stereocenters. The molecule has 0 saturated carbocycles. The number of amides is 1. The minimum absolute atomic E-state index is 0.164. The van der Waals surface area contributed by atoms with Gasteiger partial charge in [-0.2, -0.15) is 5.10 Å². The van der Waals surface area contributed by atoms with Crippen molar-refractivity contribution in [2.75, 3.05) is 0 Å². The third kappa shape index (κ3) is 2.46. The van der Waals surface area contributed by atoms with Crippen molar-refractivity contribution in [2.24, 2.45) is 5.84 Å². The second kappa shape index (κ2) is 4.84. The molecule has 2 aromatic rings. The number of carbonyl (C=O) groups excluding carboxylic acids is 1. The maximum Gasteiger partial charge on any atom is 0.268 e. The summed E-state index contributed by atoms with van der Waals surface area (Å²) in [4.78, 5) is 22.8. The van der Waals surface area contributed by atoms with Crippen LogP contribution in [0.25, 0.3) is 0 Å². The van der Waals surface area contributed by atoms with Gasteiger partial charge in [-0.3, -0.25) is 15.0 Å². The highest BCUT2D eigenvalue weighted by Gasteiger charge is 2.09. The zero-order valence-electron chi connectivity index (χ0n) is 9.71. The molecule has 0 fully saturated rings. The van der Waals surface area contributed by atoms with Crippen molar-refractivity contribution in [3.63, 3.8) is 0 Å². The number of nitrogens with zero attached hydrogens (tertiary/aromatic N) is 2. The van der Waals surface area contributed by atoms with E-state index in [1.54, 1.807) is 13.1 Å². The van der Waals surface area contributed by atoms with E-state index in [9.17, 15) is 9.59 Å². The van der Waals surface area contributed by atoms with Crippen LogP contribution in [0.3, 0.4) is 0 Å². The topological polar surface area (TPSA) is 103 Å². The van der Waals surface area contributed by atoms with Crippen molar-refractivity contribution in [3.8, 4) is 0 Å². The van der Waals surface area contributed by atoms with E-state index in [-0.39, 0.29) is 12.1 Å².